The molecule has 0 radical (unpaired) electrons. The number of rotatable bonds is 8. The minimum atomic E-state index is -0.281. The number of aromatic nitrogens is 1. The van der Waals surface area contributed by atoms with Gasteiger partial charge in [-0.3, -0.25) is 0 Å². The van der Waals surface area contributed by atoms with Crippen LogP contribution in [-0.2, 0) is 6.42 Å². The first-order valence-electron chi connectivity index (χ1n) is 9.44. The summed E-state index contributed by atoms with van der Waals surface area (Å²) in [5, 5.41) is 5.68. The molecule has 1 heterocycles. The van der Waals surface area contributed by atoms with E-state index in [1.165, 1.54) is 0 Å². The average Bonchev–Trinajstić information content (AvgIpc) is 3.18. The summed E-state index contributed by atoms with van der Waals surface area (Å²) in [6.45, 7) is 5.09. The number of nitrogens with zero attached hydrogens (tertiary/aromatic N) is 1. The predicted octanol–water partition coefficient (Wildman–Crippen LogP) is 4.80. The fourth-order valence-electron chi connectivity index (χ4n) is 2.67. The maximum atomic E-state index is 12.2. The van der Waals surface area contributed by atoms with E-state index in [4.69, 9.17) is 9.15 Å². The number of ether oxygens (including phenoxy) is 1. The number of hydrogen-bond acceptors (Lipinski definition) is 4. The number of urea groups is 1. The van der Waals surface area contributed by atoms with Crippen molar-refractivity contribution < 1.29 is 13.9 Å². The molecule has 6 heteroatoms. The molecule has 0 aliphatic rings. The largest absolute Gasteiger partial charge is 0.491 e. The van der Waals surface area contributed by atoms with E-state index in [0.29, 0.717) is 36.9 Å². The normalized spacial score (nSPS) is 10.5. The van der Waals surface area contributed by atoms with Crippen molar-refractivity contribution in [2.24, 2.45) is 0 Å². The first kappa shape index (κ1) is 19.5. The van der Waals surface area contributed by atoms with Gasteiger partial charge in [0.05, 0.1) is 18.0 Å². The van der Waals surface area contributed by atoms with Crippen LogP contribution in [0.3, 0.4) is 0 Å². The van der Waals surface area contributed by atoms with Crippen LogP contribution in [0.5, 0.6) is 5.75 Å². The minimum absolute atomic E-state index is 0.281. The van der Waals surface area contributed by atoms with Crippen LogP contribution < -0.4 is 15.4 Å². The van der Waals surface area contributed by atoms with Crippen molar-refractivity contribution in [3.63, 3.8) is 0 Å². The fraction of sp³-hybridized carbons (Fsp3) is 0.273. The molecular formula is C22H25N3O3. The quantitative estimate of drug-likeness (QED) is 0.589. The van der Waals surface area contributed by atoms with Crippen molar-refractivity contribution >= 4 is 11.7 Å². The molecule has 3 rings (SSSR count). The summed E-state index contributed by atoms with van der Waals surface area (Å²) >= 11 is 0. The molecular weight excluding hydrogens is 354 g/mol. The summed E-state index contributed by atoms with van der Waals surface area (Å²) in [4.78, 5) is 16.7. The lowest BCUT2D eigenvalue weighted by molar-refractivity contribution is 0.252. The Kier molecular flexibility index (Phi) is 6.68. The van der Waals surface area contributed by atoms with E-state index in [1.54, 1.807) is 6.26 Å². The molecule has 2 N–H and O–H groups in total. The third-order valence-corrected chi connectivity index (χ3v) is 4.09. The number of amides is 2. The van der Waals surface area contributed by atoms with Crippen LogP contribution in [0.2, 0.25) is 0 Å². The fourth-order valence-corrected chi connectivity index (χ4v) is 2.67. The summed E-state index contributed by atoms with van der Waals surface area (Å²) in [6, 6.07) is 15.1. The van der Waals surface area contributed by atoms with Gasteiger partial charge in [0.2, 0.25) is 5.89 Å². The van der Waals surface area contributed by atoms with E-state index < -0.39 is 0 Å². The Morgan fingerprint density at radius 3 is 2.79 bits per heavy atom. The summed E-state index contributed by atoms with van der Waals surface area (Å²) in [7, 11) is 0. The maximum Gasteiger partial charge on any atom is 0.319 e. The highest BCUT2D eigenvalue weighted by Gasteiger charge is 2.10. The average molecular weight is 379 g/mol. The second kappa shape index (κ2) is 9.60. The number of nitrogens with one attached hydrogen (secondary N) is 2. The van der Waals surface area contributed by atoms with Crippen LogP contribution >= 0.6 is 0 Å². The number of hydrogen-bond donors (Lipinski definition) is 2. The third kappa shape index (κ3) is 5.36. The van der Waals surface area contributed by atoms with Gasteiger partial charge in [0.1, 0.15) is 12.0 Å². The molecule has 6 nitrogen and oxygen atoms in total. The van der Waals surface area contributed by atoms with E-state index in [1.807, 2.05) is 62.4 Å². The number of carbonyl (C=O) groups excluding carboxylic acids is 1. The first-order chi connectivity index (χ1) is 13.7. The van der Waals surface area contributed by atoms with Gasteiger partial charge in [0, 0.05) is 18.5 Å². The molecule has 0 unspecified atom stereocenters. The van der Waals surface area contributed by atoms with Crippen LogP contribution in [-0.4, -0.2) is 24.2 Å². The molecule has 2 aromatic carbocycles. The van der Waals surface area contributed by atoms with Gasteiger partial charge in [0.15, 0.2) is 0 Å². The van der Waals surface area contributed by atoms with E-state index in [2.05, 4.69) is 15.6 Å². The third-order valence-electron chi connectivity index (χ3n) is 4.09. The monoisotopic (exact) mass is 379 g/mol. The molecule has 28 heavy (non-hydrogen) atoms. The second-order valence-electron chi connectivity index (χ2n) is 6.49. The van der Waals surface area contributed by atoms with Crippen molar-refractivity contribution in [3.8, 4) is 17.2 Å². The van der Waals surface area contributed by atoms with E-state index in [0.717, 1.165) is 23.2 Å². The number of aryl methyl sites for hydroxylation is 1. The van der Waals surface area contributed by atoms with Gasteiger partial charge in [-0.1, -0.05) is 31.2 Å². The zero-order valence-corrected chi connectivity index (χ0v) is 16.2. The highest BCUT2D eigenvalue weighted by Crippen LogP contribution is 2.26. The molecule has 3 aromatic rings. The first-order valence-corrected chi connectivity index (χ1v) is 9.44. The Labute approximate surface area is 164 Å². The van der Waals surface area contributed by atoms with Crippen LogP contribution in [0.15, 0.2) is 59.2 Å². The molecule has 0 saturated heterocycles. The van der Waals surface area contributed by atoms with Crippen LogP contribution in [0.4, 0.5) is 10.5 Å². The summed E-state index contributed by atoms with van der Waals surface area (Å²) < 4.78 is 11.2. The molecule has 0 aliphatic heterocycles. The molecule has 0 bridgehead atoms. The molecule has 0 saturated carbocycles. The zero-order valence-electron chi connectivity index (χ0n) is 16.2. The Bertz CT molecular complexity index is 906. The Balaban J connectivity index is 1.51. The zero-order chi connectivity index (χ0) is 19.8. The van der Waals surface area contributed by atoms with Crippen molar-refractivity contribution in [2.75, 3.05) is 18.5 Å². The molecule has 1 aromatic heterocycles. The van der Waals surface area contributed by atoms with Gasteiger partial charge < -0.3 is 19.8 Å². The standard InChI is InChI=1S/C22H25N3O3/c1-3-13-27-20-14-16(2)9-10-19(20)25-22(26)23-12-11-18-15-28-21(24-18)17-7-5-4-6-8-17/h4-10,14-15H,3,11-13H2,1-2H3,(H2,23,25,26). The number of anilines is 1. The maximum absolute atomic E-state index is 12.2. The van der Waals surface area contributed by atoms with Gasteiger partial charge in [-0.05, 0) is 43.2 Å². The lowest BCUT2D eigenvalue weighted by Crippen LogP contribution is -2.30. The van der Waals surface area contributed by atoms with Crippen molar-refractivity contribution in [3.05, 3.63) is 66.1 Å². The molecule has 0 aliphatic carbocycles. The van der Waals surface area contributed by atoms with Crippen LogP contribution in [0.25, 0.3) is 11.5 Å². The van der Waals surface area contributed by atoms with E-state index in [9.17, 15) is 4.79 Å². The Hall–Kier alpha value is -3.28. The lowest BCUT2D eigenvalue weighted by atomic mass is 10.2. The number of oxazole rings is 1. The van der Waals surface area contributed by atoms with Gasteiger partial charge in [-0.2, -0.15) is 0 Å². The summed E-state index contributed by atoms with van der Waals surface area (Å²) in [5.41, 5.74) is 3.46. The SMILES string of the molecule is CCCOc1cc(C)ccc1NC(=O)NCCc1coc(-c2ccccc2)n1. The highest BCUT2D eigenvalue weighted by atomic mass is 16.5. The molecule has 0 spiro atoms. The van der Waals surface area contributed by atoms with Crippen LogP contribution in [0.1, 0.15) is 24.6 Å². The minimum Gasteiger partial charge on any atom is -0.491 e. The van der Waals surface area contributed by atoms with Crippen LogP contribution in [0, 0.1) is 6.92 Å². The van der Waals surface area contributed by atoms with Crippen molar-refractivity contribution in [1.82, 2.24) is 10.3 Å². The van der Waals surface area contributed by atoms with Gasteiger partial charge in [-0.25, -0.2) is 9.78 Å². The Morgan fingerprint density at radius 1 is 1.18 bits per heavy atom. The number of benzene rings is 2. The van der Waals surface area contributed by atoms with Crippen molar-refractivity contribution in [1.29, 1.82) is 0 Å². The van der Waals surface area contributed by atoms with Gasteiger partial charge >= 0.3 is 6.03 Å². The Morgan fingerprint density at radius 2 is 2.00 bits per heavy atom. The highest BCUT2D eigenvalue weighted by molar-refractivity contribution is 5.91. The van der Waals surface area contributed by atoms with Gasteiger partial charge in [0.25, 0.3) is 0 Å². The van der Waals surface area contributed by atoms with E-state index >= 15 is 0 Å². The van der Waals surface area contributed by atoms with Crippen molar-refractivity contribution in [2.45, 2.75) is 26.7 Å². The molecule has 146 valence electrons. The lowest BCUT2D eigenvalue weighted by Gasteiger charge is -2.13. The smallest absolute Gasteiger partial charge is 0.319 e. The van der Waals surface area contributed by atoms with Gasteiger partial charge in [-0.15, -0.1) is 0 Å². The van der Waals surface area contributed by atoms with E-state index in [-0.39, 0.29) is 6.03 Å². The topological polar surface area (TPSA) is 76.4 Å². The predicted molar refractivity (Wildman–Crippen MR) is 110 cm³/mol. The molecule has 2 amide bonds. The summed E-state index contributed by atoms with van der Waals surface area (Å²) in [6.07, 6.45) is 3.11. The molecule has 0 fully saturated rings. The molecule has 0 atom stereocenters. The number of carbonyl (C=O) groups is 1. The second-order valence-corrected chi connectivity index (χ2v) is 6.49. The summed E-state index contributed by atoms with van der Waals surface area (Å²) in [5.74, 6) is 1.26.